The van der Waals surface area contributed by atoms with Crippen molar-refractivity contribution in [3.63, 3.8) is 0 Å². The predicted molar refractivity (Wildman–Crippen MR) is 78.8 cm³/mol. The molecular formula is C14H12BrClFNO3. The molecule has 1 aliphatic carbocycles. The molecular weight excluding hydrogens is 365 g/mol. The molecule has 0 spiro atoms. The summed E-state index contributed by atoms with van der Waals surface area (Å²) in [7, 11) is 1.33. The Morgan fingerprint density at radius 3 is 3.10 bits per heavy atom. The van der Waals surface area contributed by atoms with Crippen molar-refractivity contribution in [2.45, 2.75) is 24.9 Å². The fourth-order valence-corrected chi connectivity index (χ4v) is 3.64. The summed E-state index contributed by atoms with van der Waals surface area (Å²) in [5.41, 5.74) is 0.0834. The van der Waals surface area contributed by atoms with Crippen LogP contribution in [-0.4, -0.2) is 24.4 Å². The first-order chi connectivity index (χ1) is 9.99. The van der Waals surface area contributed by atoms with Crippen LogP contribution in [0.2, 0.25) is 5.02 Å². The number of esters is 1. The molecule has 2 unspecified atom stereocenters. The lowest BCUT2D eigenvalue weighted by atomic mass is 9.85. The van der Waals surface area contributed by atoms with Gasteiger partial charge in [-0.15, -0.1) is 0 Å². The van der Waals surface area contributed by atoms with Gasteiger partial charge in [-0.3, -0.25) is 0 Å². The number of methoxy groups -OCH3 is 1. The molecule has 1 aromatic carbocycles. The Morgan fingerprint density at radius 1 is 1.62 bits per heavy atom. The van der Waals surface area contributed by atoms with Crippen LogP contribution in [0.1, 0.15) is 24.8 Å². The van der Waals surface area contributed by atoms with E-state index in [9.17, 15) is 9.18 Å². The highest BCUT2D eigenvalue weighted by Gasteiger charge is 2.59. The van der Waals surface area contributed by atoms with E-state index < -0.39 is 17.4 Å². The lowest BCUT2D eigenvalue weighted by Gasteiger charge is -2.23. The van der Waals surface area contributed by atoms with Gasteiger partial charge in [0.25, 0.3) is 0 Å². The van der Waals surface area contributed by atoms with Crippen LogP contribution in [0.5, 0.6) is 0 Å². The van der Waals surface area contributed by atoms with Gasteiger partial charge in [0, 0.05) is 12.0 Å². The lowest BCUT2D eigenvalue weighted by Crippen LogP contribution is -2.43. The first kappa shape index (κ1) is 14.8. The number of rotatable bonds is 2. The molecule has 0 saturated heterocycles. The number of carbonyl (C=O) groups excluding carboxylic acids is 1. The quantitative estimate of drug-likeness (QED) is 0.584. The average Bonchev–Trinajstić information content (AvgIpc) is 3.01. The van der Waals surface area contributed by atoms with Gasteiger partial charge in [-0.25, -0.2) is 9.18 Å². The standard InChI is InChI=1S/C14H12BrClFNO3/c1-20-13(19)14-4-2-3-8(14)12(18-21-14)7-5-9(15)11(17)6-10(7)16/h5-6,8H,2-4H2,1H3. The minimum Gasteiger partial charge on any atom is -0.466 e. The van der Waals surface area contributed by atoms with Crippen LogP contribution in [0.3, 0.4) is 0 Å². The molecule has 2 aliphatic rings. The lowest BCUT2D eigenvalue weighted by molar-refractivity contribution is -0.168. The third-order valence-corrected chi connectivity index (χ3v) is 4.98. The molecule has 0 amide bonds. The van der Waals surface area contributed by atoms with Crippen molar-refractivity contribution in [3.05, 3.63) is 33.0 Å². The van der Waals surface area contributed by atoms with Gasteiger partial charge in [-0.05, 0) is 40.9 Å². The molecule has 0 aromatic heterocycles. The first-order valence-electron chi connectivity index (χ1n) is 6.49. The van der Waals surface area contributed by atoms with Gasteiger partial charge in [0.05, 0.1) is 28.2 Å². The molecule has 21 heavy (non-hydrogen) atoms. The zero-order valence-electron chi connectivity index (χ0n) is 11.2. The summed E-state index contributed by atoms with van der Waals surface area (Å²) in [6.45, 7) is 0. The maximum atomic E-state index is 13.5. The highest BCUT2D eigenvalue weighted by atomic mass is 79.9. The number of benzene rings is 1. The minimum atomic E-state index is -1.06. The van der Waals surface area contributed by atoms with E-state index in [-0.39, 0.29) is 15.4 Å². The van der Waals surface area contributed by atoms with E-state index in [0.717, 1.165) is 12.8 Å². The first-order valence-corrected chi connectivity index (χ1v) is 7.66. The molecule has 0 bridgehead atoms. The minimum absolute atomic E-state index is 0.222. The molecule has 0 radical (unpaired) electrons. The van der Waals surface area contributed by atoms with Crippen molar-refractivity contribution < 1.29 is 18.8 Å². The molecule has 4 nitrogen and oxygen atoms in total. The molecule has 0 N–H and O–H groups in total. The van der Waals surface area contributed by atoms with Crippen molar-refractivity contribution >= 4 is 39.2 Å². The Morgan fingerprint density at radius 2 is 2.38 bits per heavy atom. The summed E-state index contributed by atoms with van der Waals surface area (Å²) in [6, 6.07) is 2.78. The summed E-state index contributed by atoms with van der Waals surface area (Å²) in [5.74, 6) is -1.10. The SMILES string of the molecule is COC(=O)C12CCCC1C(c1cc(Br)c(F)cc1Cl)=NO2. The summed E-state index contributed by atoms with van der Waals surface area (Å²) < 4.78 is 18.6. The van der Waals surface area contributed by atoms with Crippen molar-refractivity contribution in [2.75, 3.05) is 7.11 Å². The van der Waals surface area contributed by atoms with Crippen LogP contribution >= 0.6 is 27.5 Å². The van der Waals surface area contributed by atoms with Gasteiger partial charge < -0.3 is 9.57 Å². The molecule has 2 atom stereocenters. The summed E-state index contributed by atoms with van der Waals surface area (Å²) in [4.78, 5) is 17.5. The van der Waals surface area contributed by atoms with Crippen LogP contribution < -0.4 is 0 Å². The monoisotopic (exact) mass is 375 g/mol. The number of ether oxygens (including phenoxy) is 1. The maximum absolute atomic E-state index is 13.5. The van der Waals surface area contributed by atoms with Crippen molar-refractivity contribution in [1.29, 1.82) is 0 Å². The van der Waals surface area contributed by atoms with E-state index in [4.69, 9.17) is 21.2 Å². The Kier molecular flexibility index (Phi) is 3.69. The van der Waals surface area contributed by atoms with Crippen molar-refractivity contribution in [1.82, 2.24) is 0 Å². The second-order valence-corrected chi connectivity index (χ2v) is 6.40. The van der Waals surface area contributed by atoms with Crippen LogP contribution in [0.15, 0.2) is 21.8 Å². The number of nitrogens with zero attached hydrogens (tertiary/aromatic N) is 1. The van der Waals surface area contributed by atoms with E-state index >= 15 is 0 Å². The maximum Gasteiger partial charge on any atom is 0.353 e. The van der Waals surface area contributed by atoms with Crippen LogP contribution in [-0.2, 0) is 14.4 Å². The van der Waals surface area contributed by atoms with Gasteiger partial charge in [0.1, 0.15) is 5.82 Å². The van der Waals surface area contributed by atoms with Gasteiger partial charge in [-0.2, -0.15) is 0 Å². The van der Waals surface area contributed by atoms with Crippen molar-refractivity contribution in [2.24, 2.45) is 11.1 Å². The van der Waals surface area contributed by atoms with Crippen LogP contribution in [0, 0.1) is 11.7 Å². The van der Waals surface area contributed by atoms with E-state index in [2.05, 4.69) is 21.1 Å². The van der Waals surface area contributed by atoms with E-state index in [1.54, 1.807) is 6.07 Å². The van der Waals surface area contributed by atoms with Gasteiger partial charge in [0.15, 0.2) is 0 Å². The highest BCUT2D eigenvalue weighted by molar-refractivity contribution is 9.10. The van der Waals surface area contributed by atoms with Gasteiger partial charge >= 0.3 is 5.97 Å². The number of carbonyl (C=O) groups is 1. The molecule has 112 valence electrons. The zero-order valence-corrected chi connectivity index (χ0v) is 13.5. The van der Waals surface area contributed by atoms with Crippen LogP contribution in [0.4, 0.5) is 4.39 Å². The fourth-order valence-electron chi connectivity index (χ4n) is 3.05. The second-order valence-electron chi connectivity index (χ2n) is 5.14. The second kappa shape index (κ2) is 5.25. The van der Waals surface area contributed by atoms with Gasteiger partial charge in [-0.1, -0.05) is 16.8 Å². The molecule has 1 heterocycles. The number of hydrogen-bond donors (Lipinski definition) is 0. The van der Waals surface area contributed by atoms with E-state index in [1.807, 2.05) is 0 Å². The van der Waals surface area contributed by atoms with Crippen LogP contribution in [0.25, 0.3) is 0 Å². The Hall–Kier alpha value is -1.14. The van der Waals surface area contributed by atoms with Gasteiger partial charge in [0.2, 0.25) is 5.60 Å². The third kappa shape index (κ3) is 2.16. The van der Waals surface area contributed by atoms with Crippen molar-refractivity contribution in [3.8, 4) is 0 Å². The predicted octanol–water partition coefficient (Wildman–Crippen LogP) is 3.69. The average molecular weight is 377 g/mol. The molecule has 1 fully saturated rings. The zero-order chi connectivity index (χ0) is 15.2. The Labute approximate surface area is 134 Å². The normalized spacial score (nSPS) is 27.0. The number of oxime groups is 1. The Balaban J connectivity index is 2.02. The molecule has 1 aliphatic heterocycles. The molecule has 1 saturated carbocycles. The topological polar surface area (TPSA) is 47.9 Å². The summed E-state index contributed by atoms with van der Waals surface area (Å²) >= 11 is 9.25. The van der Waals surface area contributed by atoms with E-state index in [1.165, 1.54) is 13.2 Å². The molecule has 1 aromatic rings. The number of hydrogen-bond acceptors (Lipinski definition) is 4. The molecule has 7 heteroatoms. The summed E-state index contributed by atoms with van der Waals surface area (Å²) in [6.07, 6.45) is 2.13. The number of fused-ring (bicyclic) bond motifs is 1. The molecule has 3 rings (SSSR count). The smallest absolute Gasteiger partial charge is 0.353 e. The Bertz CT molecular complexity index is 651. The van der Waals surface area contributed by atoms with E-state index in [0.29, 0.717) is 17.7 Å². The summed E-state index contributed by atoms with van der Waals surface area (Å²) in [5, 5.41) is 4.29. The highest BCUT2D eigenvalue weighted by Crippen LogP contribution is 2.47. The number of halogens is 3. The fraction of sp³-hybridized carbons (Fsp3) is 0.429. The third-order valence-electron chi connectivity index (χ3n) is 4.06. The largest absolute Gasteiger partial charge is 0.466 e.